The first-order valence-electron chi connectivity index (χ1n) is 4.93. The Labute approximate surface area is 94.9 Å². The highest BCUT2D eigenvalue weighted by Gasteiger charge is 2.16. The van der Waals surface area contributed by atoms with Crippen LogP contribution in [0.3, 0.4) is 0 Å². The molecule has 1 aliphatic heterocycles. The predicted octanol–water partition coefficient (Wildman–Crippen LogP) is 3.03. The Morgan fingerprint density at radius 1 is 1.00 bits per heavy atom. The largest absolute Gasteiger partial charge is 0.590 e. The monoisotopic (exact) mass is 228 g/mol. The molecule has 2 aliphatic rings. The molecule has 0 amide bonds. The van der Waals surface area contributed by atoms with Crippen LogP contribution in [0.4, 0.5) is 0 Å². The van der Waals surface area contributed by atoms with E-state index in [-0.39, 0.29) is 5.43 Å². The van der Waals surface area contributed by atoms with E-state index < -0.39 is 10.8 Å². The van der Waals surface area contributed by atoms with Gasteiger partial charge >= 0.3 is 0 Å². The van der Waals surface area contributed by atoms with Gasteiger partial charge in [0.15, 0.2) is 15.0 Å². The van der Waals surface area contributed by atoms with Gasteiger partial charge in [0.1, 0.15) is 0 Å². The van der Waals surface area contributed by atoms with Crippen LogP contribution in [0.2, 0.25) is 0 Å². The Kier molecular flexibility index (Phi) is 2.02. The number of fused-ring (bicyclic) bond motifs is 2. The van der Waals surface area contributed by atoms with E-state index >= 15 is 0 Å². The third kappa shape index (κ3) is 1.26. The molecule has 0 fully saturated rings. The van der Waals surface area contributed by atoms with E-state index in [1.54, 1.807) is 12.1 Å². The zero-order chi connectivity index (χ0) is 11.1. The van der Waals surface area contributed by atoms with Gasteiger partial charge < -0.3 is 4.55 Å². The number of hydrogen-bond donors (Lipinski definition) is 0. The fourth-order valence-electron chi connectivity index (χ4n) is 1.87. The van der Waals surface area contributed by atoms with Gasteiger partial charge in [-0.25, -0.2) is 0 Å². The van der Waals surface area contributed by atoms with Crippen molar-refractivity contribution in [2.45, 2.75) is 0 Å². The van der Waals surface area contributed by atoms with E-state index in [0.717, 1.165) is 10.1 Å². The van der Waals surface area contributed by atoms with Crippen LogP contribution < -0.4 is 5.43 Å². The van der Waals surface area contributed by atoms with Gasteiger partial charge in [-0.1, -0.05) is 18.2 Å². The number of rotatable bonds is 0. The normalized spacial score (nSPS) is 12.2. The van der Waals surface area contributed by atoms with E-state index in [1.165, 1.54) is 6.07 Å². The average Bonchev–Trinajstić information content (AvgIpc) is 2.31. The van der Waals surface area contributed by atoms with Crippen LogP contribution in [0.15, 0.2) is 53.3 Å². The predicted molar refractivity (Wildman–Crippen MR) is 65.5 cm³/mol. The second-order valence-electron chi connectivity index (χ2n) is 3.62. The first-order chi connectivity index (χ1) is 7.77. The maximum atomic E-state index is 12.2. The van der Waals surface area contributed by atoms with Crippen molar-refractivity contribution in [3.8, 4) is 10.4 Å². The minimum absolute atomic E-state index is 0.0691. The highest BCUT2D eigenvalue weighted by atomic mass is 32.2. The summed E-state index contributed by atoms with van der Waals surface area (Å²) in [4.78, 5) is 12.3. The summed E-state index contributed by atoms with van der Waals surface area (Å²) >= 11 is 0. The zero-order valence-electron chi connectivity index (χ0n) is 8.34. The molecular weight excluding hydrogens is 220 g/mol. The smallest absolute Gasteiger partial charge is 0.191 e. The van der Waals surface area contributed by atoms with E-state index in [2.05, 4.69) is 0 Å². The maximum absolute atomic E-state index is 12.2. The van der Waals surface area contributed by atoms with Crippen LogP contribution in [0.25, 0.3) is 20.5 Å². The molecule has 1 unspecified atom stereocenters. The maximum Gasteiger partial charge on any atom is 0.191 e. The summed E-state index contributed by atoms with van der Waals surface area (Å²) in [5.74, 6) is 0. The molecule has 1 aromatic carbocycles. The molecule has 1 aliphatic carbocycles. The third-order valence-corrected chi connectivity index (χ3v) is 4.17. The van der Waals surface area contributed by atoms with E-state index in [9.17, 15) is 9.35 Å². The van der Waals surface area contributed by atoms with Gasteiger partial charge in [-0.05, 0) is 41.1 Å². The molecule has 78 valence electrons. The van der Waals surface area contributed by atoms with Crippen molar-refractivity contribution >= 4 is 20.8 Å². The van der Waals surface area contributed by atoms with Crippen LogP contribution in [0.5, 0.6) is 0 Å². The molecule has 16 heavy (non-hydrogen) atoms. The van der Waals surface area contributed by atoms with Gasteiger partial charge in [-0.2, -0.15) is 0 Å². The lowest BCUT2D eigenvalue weighted by Crippen LogP contribution is -2.02. The lowest BCUT2D eigenvalue weighted by molar-refractivity contribution is 0.600. The summed E-state index contributed by atoms with van der Waals surface area (Å²) in [5, 5.41) is 0.872. The summed E-state index contributed by atoms with van der Waals surface area (Å²) in [7, 11) is -1.23. The molecule has 0 saturated carbocycles. The van der Waals surface area contributed by atoms with Crippen LogP contribution >= 0.6 is 10.8 Å². The van der Waals surface area contributed by atoms with Crippen molar-refractivity contribution in [2.75, 3.05) is 0 Å². The number of benzene rings is 2. The molecule has 0 spiro atoms. The highest BCUT2D eigenvalue weighted by Crippen LogP contribution is 2.37. The van der Waals surface area contributed by atoms with Crippen molar-refractivity contribution in [3.05, 3.63) is 58.8 Å². The van der Waals surface area contributed by atoms with E-state index in [4.69, 9.17) is 0 Å². The summed E-state index contributed by atoms with van der Waals surface area (Å²) in [6.07, 6.45) is 0. The fourth-order valence-corrected chi connectivity index (χ4v) is 3.21. The first-order valence-corrected chi connectivity index (χ1v) is 6.08. The molecule has 1 atom stereocenters. The van der Waals surface area contributed by atoms with Crippen LogP contribution in [-0.4, -0.2) is 4.55 Å². The quantitative estimate of drug-likeness (QED) is 0.438. The summed E-state index contributed by atoms with van der Waals surface area (Å²) < 4.78 is 13.0. The molecule has 0 N–H and O–H groups in total. The van der Waals surface area contributed by atoms with Crippen LogP contribution in [0.1, 0.15) is 0 Å². The fraction of sp³-hybridized carbons (Fsp3) is 0. The molecular formula is C13H8O2S. The van der Waals surface area contributed by atoms with E-state index in [0.29, 0.717) is 10.4 Å². The van der Waals surface area contributed by atoms with Crippen molar-refractivity contribution in [2.24, 2.45) is 0 Å². The topological polar surface area (TPSA) is 40.1 Å². The van der Waals surface area contributed by atoms with Crippen molar-refractivity contribution in [3.63, 3.8) is 0 Å². The first kappa shape index (κ1) is 9.51. The highest BCUT2D eigenvalue weighted by molar-refractivity contribution is 7.34. The Morgan fingerprint density at radius 2 is 1.81 bits per heavy atom. The average molecular weight is 228 g/mol. The van der Waals surface area contributed by atoms with Gasteiger partial charge in [0.25, 0.3) is 0 Å². The minimum Gasteiger partial charge on any atom is -0.590 e. The molecule has 0 bridgehead atoms. The molecule has 3 heteroatoms. The molecule has 1 aromatic rings. The Morgan fingerprint density at radius 3 is 2.69 bits per heavy atom. The third-order valence-electron chi connectivity index (χ3n) is 2.64. The van der Waals surface area contributed by atoms with Crippen LogP contribution in [0, 0.1) is 0 Å². The summed E-state index contributed by atoms with van der Waals surface area (Å²) in [6, 6.07) is 14.2. The van der Waals surface area contributed by atoms with E-state index in [1.807, 2.05) is 30.3 Å². The van der Waals surface area contributed by atoms with Gasteiger partial charge in [0.05, 0.1) is 5.56 Å². The molecule has 1 heterocycles. The Bertz CT molecular complexity index is 700. The van der Waals surface area contributed by atoms with Gasteiger partial charge in [0, 0.05) is 5.39 Å². The summed E-state index contributed by atoms with van der Waals surface area (Å²) in [6.45, 7) is 0. The van der Waals surface area contributed by atoms with Gasteiger partial charge in [0.2, 0.25) is 0 Å². The molecule has 0 saturated heterocycles. The number of hydrogen-bond acceptors (Lipinski definition) is 2. The second kappa shape index (κ2) is 3.40. The van der Waals surface area contributed by atoms with Crippen LogP contribution in [-0.2, 0) is 0 Å². The lowest BCUT2D eigenvalue weighted by Gasteiger charge is -2.07. The Hall–Kier alpha value is -1.71. The van der Waals surface area contributed by atoms with Crippen molar-refractivity contribution in [1.82, 2.24) is 0 Å². The molecule has 2 nitrogen and oxygen atoms in total. The molecule has 3 rings (SSSR count). The van der Waals surface area contributed by atoms with Gasteiger partial charge in [-0.15, -0.1) is 0 Å². The zero-order valence-corrected chi connectivity index (χ0v) is 9.16. The second-order valence-corrected chi connectivity index (χ2v) is 5.04. The molecule has 0 radical (unpaired) electrons. The lowest BCUT2D eigenvalue weighted by atomic mass is 10.1. The van der Waals surface area contributed by atoms with Gasteiger partial charge in [-0.3, -0.25) is 4.79 Å². The SMILES string of the molecule is O=c1cccc2[s+]([O-])c3ccccc3cc1-2. The van der Waals surface area contributed by atoms with Crippen molar-refractivity contribution < 1.29 is 4.55 Å². The van der Waals surface area contributed by atoms with Crippen molar-refractivity contribution in [1.29, 1.82) is 0 Å². The summed E-state index contributed by atoms with van der Waals surface area (Å²) in [5.41, 5.74) is 0.486. The standard InChI is InChI=1S/C13H8O2S/c14-11-5-3-7-13-10(11)8-9-4-1-2-6-12(9)16(13)15/h1-8H. The Balaban J connectivity index is 2.61. The minimum atomic E-state index is -1.23. The molecule has 0 aromatic heterocycles.